The summed E-state index contributed by atoms with van der Waals surface area (Å²) in [7, 11) is 0. The fourth-order valence-corrected chi connectivity index (χ4v) is 1.15. The summed E-state index contributed by atoms with van der Waals surface area (Å²) in [5.74, 6) is 0.189. The Labute approximate surface area is 86.2 Å². The van der Waals surface area contributed by atoms with Crippen LogP contribution < -0.4 is 0 Å². The molecular formula is C11H21NO2. The normalized spacial score (nSPS) is 14.1. The summed E-state index contributed by atoms with van der Waals surface area (Å²) in [4.78, 5) is 15.3. The second kappa shape index (κ2) is 7.68. The Kier molecular flexibility index (Phi) is 7.30. The monoisotopic (exact) mass is 199 g/mol. The van der Waals surface area contributed by atoms with Gasteiger partial charge in [0.15, 0.2) is 0 Å². The molecule has 0 amide bonds. The van der Waals surface area contributed by atoms with Crippen molar-refractivity contribution in [3.8, 4) is 0 Å². The fourth-order valence-electron chi connectivity index (χ4n) is 1.15. The first-order valence-corrected chi connectivity index (χ1v) is 5.39. The number of aliphatic imine (C=N–C) groups is 1. The van der Waals surface area contributed by atoms with Gasteiger partial charge in [-0.25, -0.2) is 0 Å². The van der Waals surface area contributed by atoms with E-state index in [1.54, 1.807) is 0 Å². The minimum Gasteiger partial charge on any atom is -0.372 e. The zero-order valence-electron chi connectivity index (χ0n) is 9.42. The summed E-state index contributed by atoms with van der Waals surface area (Å²) in [6.45, 7) is 5.81. The van der Waals surface area contributed by atoms with Crippen molar-refractivity contribution in [3.05, 3.63) is 0 Å². The quantitative estimate of drug-likeness (QED) is 0.640. The molecule has 0 saturated carbocycles. The summed E-state index contributed by atoms with van der Waals surface area (Å²) in [6.07, 6.45) is 2.63. The lowest BCUT2D eigenvalue weighted by Gasteiger charge is -2.07. The Bertz CT molecular complexity index is 199. The summed E-state index contributed by atoms with van der Waals surface area (Å²) < 4.78 is 0. The van der Waals surface area contributed by atoms with Crippen molar-refractivity contribution in [3.63, 3.8) is 0 Å². The molecular weight excluding hydrogens is 178 g/mol. The molecule has 0 aliphatic heterocycles. The van der Waals surface area contributed by atoms with Gasteiger partial charge in [0.1, 0.15) is 12.0 Å². The van der Waals surface area contributed by atoms with Gasteiger partial charge < -0.3 is 5.11 Å². The highest BCUT2D eigenvalue weighted by molar-refractivity contribution is 6.01. The Balaban J connectivity index is 4.16. The zero-order chi connectivity index (χ0) is 11.0. The van der Waals surface area contributed by atoms with Crippen molar-refractivity contribution in [1.29, 1.82) is 0 Å². The van der Waals surface area contributed by atoms with Gasteiger partial charge in [-0.15, -0.1) is 0 Å². The van der Waals surface area contributed by atoms with Crippen LogP contribution in [0.3, 0.4) is 0 Å². The van der Waals surface area contributed by atoms with E-state index < -0.39 is 6.23 Å². The molecule has 0 aromatic heterocycles. The number of hydrogen-bond donors (Lipinski definition) is 1. The molecule has 1 atom stereocenters. The maximum absolute atomic E-state index is 11.2. The van der Waals surface area contributed by atoms with Gasteiger partial charge in [-0.1, -0.05) is 27.2 Å². The number of nitrogens with zero attached hydrogens (tertiary/aromatic N) is 1. The number of carbonyl (C=O) groups is 1. The molecule has 0 rings (SSSR count). The van der Waals surface area contributed by atoms with Gasteiger partial charge in [0.05, 0.1) is 0 Å². The van der Waals surface area contributed by atoms with Crippen molar-refractivity contribution >= 4 is 11.5 Å². The van der Waals surface area contributed by atoms with Crippen LogP contribution in [0.1, 0.15) is 52.9 Å². The van der Waals surface area contributed by atoms with Gasteiger partial charge >= 0.3 is 0 Å². The third-order valence-electron chi connectivity index (χ3n) is 2.08. The van der Waals surface area contributed by atoms with Gasteiger partial charge in [-0.2, -0.15) is 0 Å². The van der Waals surface area contributed by atoms with Crippen LogP contribution in [0.15, 0.2) is 4.99 Å². The SMILES string of the molecule is CCCC(O)N=C(CC)CC(=O)CC. The standard InChI is InChI=1S/C11H21NO2/c1-4-7-11(14)12-9(5-2)8-10(13)6-3/h11,14H,4-8H2,1-3H3. The molecule has 14 heavy (non-hydrogen) atoms. The minimum atomic E-state index is -0.625. The second-order valence-corrected chi connectivity index (χ2v) is 3.39. The first-order valence-electron chi connectivity index (χ1n) is 5.39. The Morgan fingerprint density at radius 1 is 1.29 bits per heavy atom. The highest BCUT2D eigenvalue weighted by atomic mass is 16.3. The molecule has 0 radical (unpaired) electrons. The summed E-state index contributed by atoms with van der Waals surface area (Å²) >= 11 is 0. The Morgan fingerprint density at radius 3 is 2.36 bits per heavy atom. The molecule has 1 unspecified atom stereocenters. The fraction of sp³-hybridized carbons (Fsp3) is 0.818. The van der Waals surface area contributed by atoms with Crippen LogP contribution in [0.25, 0.3) is 0 Å². The number of Topliss-reactive ketones (excluding diaryl/α,β-unsaturated/α-hetero) is 1. The molecule has 0 aliphatic carbocycles. The van der Waals surface area contributed by atoms with Crippen molar-refractivity contribution in [2.45, 2.75) is 59.1 Å². The summed E-state index contributed by atoms with van der Waals surface area (Å²) in [5.41, 5.74) is 0.817. The van der Waals surface area contributed by atoms with Crippen LogP contribution in [0, 0.1) is 0 Å². The lowest BCUT2D eigenvalue weighted by Crippen LogP contribution is -2.11. The van der Waals surface area contributed by atoms with Crippen LogP contribution >= 0.6 is 0 Å². The number of ketones is 1. The predicted molar refractivity (Wildman–Crippen MR) is 58.6 cm³/mol. The van der Waals surface area contributed by atoms with Crippen LogP contribution in [-0.4, -0.2) is 22.8 Å². The minimum absolute atomic E-state index is 0.189. The van der Waals surface area contributed by atoms with E-state index in [0.717, 1.165) is 18.6 Å². The van der Waals surface area contributed by atoms with Crippen LogP contribution in [-0.2, 0) is 4.79 Å². The third-order valence-corrected chi connectivity index (χ3v) is 2.08. The molecule has 0 bridgehead atoms. The molecule has 0 aliphatic rings. The van der Waals surface area contributed by atoms with Crippen molar-refractivity contribution in [1.82, 2.24) is 0 Å². The lowest BCUT2D eigenvalue weighted by molar-refractivity contribution is -0.117. The maximum Gasteiger partial charge on any atom is 0.145 e. The van der Waals surface area contributed by atoms with Crippen molar-refractivity contribution in [2.24, 2.45) is 4.99 Å². The highest BCUT2D eigenvalue weighted by Gasteiger charge is 2.06. The molecule has 3 heteroatoms. The number of carbonyl (C=O) groups excluding carboxylic acids is 1. The molecule has 0 saturated heterocycles. The molecule has 0 aromatic carbocycles. The first kappa shape index (κ1) is 13.3. The molecule has 82 valence electrons. The van der Waals surface area contributed by atoms with Crippen LogP contribution in [0.5, 0.6) is 0 Å². The molecule has 0 fully saturated rings. The molecule has 1 N–H and O–H groups in total. The summed E-state index contributed by atoms with van der Waals surface area (Å²) in [5, 5.41) is 9.44. The highest BCUT2D eigenvalue weighted by Crippen LogP contribution is 2.03. The van der Waals surface area contributed by atoms with Crippen LogP contribution in [0.2, 0.25) is 0 Å². The predicted octanol–water partition coefficient (Wildman–Crippen LogP) is 2.33. The van der Waals surface area contributed by atoms with E-state index in [2.05, 4.69) is 4.99 Å². The van der Waals surface area contributed by atoms with Gasteiger partial charge in [-0.3, -0.25) is 9.79 Å². The first-order chi connectivity index (χ1) is 6.63. The van der Waals surface area contributed by atoms with E-state index >= 15 is 0 Å². The number of hydrogen-bond acceptors (Lipinski definition) is 3. The Hall–Kier alpha value is -0.700. The van der Waals surface area contributed by atoms with E-state index in [1.165, 1.54) is 0 Å². The third kappa shape index (κ3) is 5.86. The van der Waals surface area contributed by atoms with Crippen molar-refractivity contribution in [2.75, 3.05) is 0 Å². The lowest BCUT2D eigenvalue weighted by atomic mass is 10.1. The van der Waals surface area contributed by atoms with E-state index in [0.29, 0.717) is 19.3 Å². The second-order valence-electron chi connectivity index (χ2n) is 3.39. The van der Waals surface area contributed by atoms with E-state index in [-0.39, 0.29) is 5.78 Å². The molecule has 0 spiro atoms. The van der Waals surface area contributed by atoms with E-state index in [4.69, 9.17) is 0 Å². The van der Waals surface area contributed by atoms with E-state index in [1.807, 2.05) is 20.8 Å². The van der Waals surface area contributed by atoms with Gasteiger partial charge in [0.25, 0.3) is 0 Å². The Morgan fingerprint density at radius 2 is 1.93 bits per heavy atom. The molecule has 0 aromatic rings. The average Bonchev–Trinajstić information content (AvgIpc) is 2.16. The van der Waals surface area contributed by atoms with Crippen LogP contribution in [0.4, 0.5) is 0 Å². The topological polar surface area (TPSA) is 49.7 Å². The smallest absolute Gasteiger partial charge is 0.145 e. The number of aliphatic hydroxyl groups excluding tert-OH is 1. The van der Waals surface area contributed by atoms with Gasteiger partial charge in [-0.05, 0) is 12.8 Å². The van der Waals surface area contributed by atoms with Gasteiger partial charge in [0, 0.05) is 18.6 Å². The number of rotatable bonds is 7. The van der Waals surface area contributed by atoms with E-state index in [9.17, 15) is 9.90 Å². The summed E-state index contributed by atoms with van der Waals surface area (Å²) in [6, 6.07) is 0. The average molecular weight is 199 g/mol. The zero-order valence-corrected chi connectivity index (χ0v) is 9.42. The van der Waals surface area contributed by atoms with Crippen molar-refractivity contribution < 1.29 is 9.90 Å². The molecule has 0 heterocycles. The number of aliphatic hydroxyl groups is 1. The largest absolute Gasteiger partial charge is 0.372 e. The maximum atomic E-state index is 11.2. The van der Waals surface area contributed by atoms with Gasteiger partial charge in [0.2, 0.25) is 0 Å². The molecule has 3 nitrogen and oxygen atoms in total.